The van der Waals surface area contributed by atoms with Crippen LogP contribution in [0.4, 0.5) is 0 Å². The molecule has 0 saturated heterocycles. The zero-order valence-corrected chi connectivity index (χ0v) is 9.66. The number of nitrogens with zero attached hydrogens (tertiary/aromatic N) is 3. The first kappa shape index (κ1) is 9.63. The molecule has 0 aromatic carbocycles. The molecule has 0 fully saturated rings. The maximum atomic E-state index is 12.2. The van der Waals surface area contributed by atoms with Gasteiger partial charge in [0.2, 0.25) is 0 Å². The Hall–Kier alpha value is -1.58. The fourth-order valence-electron chi connectivity index (χ4n) is 2.43. The van der Waals surface area contributed by atoms with E-state index in [1.54, 1.807) is 0 Å². The number of aromatic nitrogens is 3. The highest BCUT2D eigenvalue weighted by Crippen LogP contribution is 2.17. The molecule has 4 nitrogen and oxygen atoms in total. The van der Waals surface area contributed by atoms with Gasteiger partial charge in [0.1, 0.15) is 11.5 Å². The van der Waals surface area contributed by atoms with E-state index in [0.717, 1.165) is 48.4 Å². The van der Waals surface area contributed by atoms with Gasteiger partial charge in [0.15, 0.2) is 0 Å². The lowest BCUT2D eigenvalue weighted by atomic mass is 10.1. The molecule has 0 N–H and O–H groups in total. The summed E-state index contributed by atoms with van der Waals surface area (Å²) in [5.41, 5.74) is 2.04. The van der Waals surface area contributed by atoms with Gasteiger partial charge in [-0.15, -0.1) is 0 Å². The van der Waals surface area contributed by atoms with E-state index in [4.69, 9.17) is 0 Å². The van der Waals surface area contributed by atoms with Crippen LogP contribution in [-0.4, -0.2) is 14.1 Å². The van der Waals surface area contributed by atoms with Gasteiger partial charge in [0.05, 0.1) is 5.39 Å². The molecule has 4 heteroatoms. The Morgan fingerprint density at radius 2 is 2.19 bits per heavy atom. The van der Waals surface area contributed by atoms with Crippen LogP contribution in [0.25, 0.3) is 11.0 Å². The first-order valence-corrected chi connectivity index (χ1v) is 5.74. The normalized spacial score (nSPS) is 15.4. The summed E-state index contributed by atoms with van der Waals surface area (Å²) in [6, 6.07) is 1.94. The Morgan fingerprint density at radius 1 is 1.38 bits per heavy atom. The van der Waals surface area contributed by atoms with Gasteiger partial charge in [0, 0.05) is 25.7 Å². The number of aryl methyl sites for hydroxylation is 3. The predicted octanol–water partition coefficient (Wildman–Crippen LogP) is 1.38. The Labute approximate surface area is 93.5 Å². The van der Waals surface area contributed by atoms with E-state index in [0.29, 0.717) is 0 Å². The summed E-state index contributed by atoms with van der Waals surface area (Å²) >= 11 is 0. The quantitative estimate of drug-likeness (QED) is 0.668. The second-order valence-electron chi connectivity index (χ2n) is 4.52. The van der Waals surface area contributed by atoms with E-state index < -0.39 is 0 Å². The molecule has 0 unspecified atom stereocenters. The summed E-state index contributed by atoms with van der Waals surface area (Å²) in [4.78, 5) is 16.9. The molecule has 1 aliphatic rings. The smallest absolute Gasteiger partial charge is 0.263 e. The molecule has 84 valence electrons. The van der Waals surface area contributed by atoms with Gasteiger partial charge in [-0.1, -0.05) is 0 Å². The van der Waals surface area contributed by atoms with Crippen molar-refractivity contribution >= 4 is 11.0 Å². The van der Waals surface area contributed by atoms with Crippen molar-refractivity contribution in [3.8, 4) is 0 Å². The lowest BCUT2D eigenvalue weighted by molar-refractivity contribution is 0.500. The molecule has 0 radical (unpaired) electrons. The molecule has 3 rings (SSSR count). The van der Waals surface area contributed by atoms with Crippen molar-refractivity contribution < 1.29 is 0 Å². The predicted molar refractivity (Wildman–Crippen MR) is 62.6 cm³/mol. The average molecular weight is 217 g/mol. The molecule has 0 amide bonds. The molecule has 16 heavy (non-hydrogen) atoms. The zero-order valence-electron chi connectivity index (χ0n) is 9.66. The first-order chi connectivity index (χ1) is 7.68. The Bertz CT molecular complexity index is 621. The maximum absolute atomic E-state index is 12.2. The van der Waals surface area contributed by atoms with Crippen molar-refractivity contribution in [1.82, 2.24) is 14.1 Å². The topological polar surface area (TPSA) is 39.8 Å². The summed E-state index contributed by atoms with van der Waals surface area (Å²) in [7, 11) is 1.96. The van der Waals surface area contributed by atoms with Gasteiger partial charge >= 0.3 is 0 Å². The molecule has 0 atom stereocenters. The molecular formula is C12H15N3O. The summed E-state index contributed by atoms with van der Waals surface area (Å²) in [5, 5.41) is 0.755. The van der Waals surface area contributed by atoms with Crippen molar-refractivity contribution in [2.45, 2.75) is 32.7 Å². The molecule has 0 bridgehead atoms. The Morgan fingerprint density at radius 3 is 3.00 bits per heavy atom. The van der Waals surface area contributed by atoms with E-state index in [9.17, 15) is 4.79 Å². The van der Waals surface area contributed by atoms with Crippen LogP contribution in [0.3, 0.4) is 0 Å². The van der Waals surface area contributed by atoms with Crippen molar-refractivity contribution in [3.63, 3.8) is 0 Å². The van der Waals surface area contributed by atoms with E-state index in [2.05, 4.69) is 4.98 Å². The highest BCUT2D eigenvalue weighted by molar-refractivity contribution is 5.76. The maximum Gasteiger partial charge on any atom is 0.263 e. The fourth-order valence-corrected chi connectivity index (χ4v) is 2.43. The van der Waals surface area contributed by atoms with Crippen LogP contribution in [0.15, 0.2) is 10.9 Å². The minimum absolute atomic E-state index is 0.128. The number of fused-ring (bicyclic) bond motifs is 2. The van der Waals surface area contributed by atoms with Gasteiger partial charge in [-0.3, -0.25) is 9.36 Å². The second kappa shape index (κ2) is 3.20. The molecule has 3 heterocycles. The van der Waals surface area contributed by atoms with Crippen LogP contribution in [0, 0.1) is 6.92 Å². The summed E-state index contributed by atoms with van der Waals surface area (Å²) < 4.78 is 3.83. The SMILES string of the molecule is Cc1cc2c(=O)n3c(nc2n1C)CCCC3. The van der Waals surface area contributed by atoms with Gasteiger partial charge < -0.3 is 4.57 Å². The molecule has 2 aromatic rings. The van der Waals surface area contributed by atoms with Crippen LogP contribution in [0.5, 0.6) is 0 Å². The highest BCUT2D eigenvalue weighted by atomic mass is 16.1. The third-order valence-corrected chi connectivity index (χ3v) is 3.50. The molecular weight excluding hydrogens is 202 g/mol. The lowest BCUT2D eigenvalue weighted by Gasteiger charge is -2.17. The number of hydrogen-bond acceptors (Lipinski definition) is 2. The van der Waals surface area contributed by atoms with Gasteiger partial charge in [-0.25, -0.2) is 4.98 Å². The summed E-state index contributed by atoms with van der Waals surface area (Å²) in [6.45, 7) is 2.83. The van der Waals surface area contributed by atoms with Crippen LogP contribution in [0.1, 0.15) is 24.4 Å². The van der Waals surface area contributed by atoms with Gasteiger partial charge in [-0.05, 0) is 25.8 Å². The summed E-state index contributed by atoms with van der Waals surface area (Å²) in [5.74, 6) is 0.949. The van der Waals surface area contributed by atoms with Crippen molar-refractivity contribution in [1.29, 1.82) is 0 Å². The van der Waals surface area contributed by atoms with Crippen LogP contribution < -0.4 is 5.56 Å². The third kappa shape index (κ3) is 1.16. The van der Waals surface area contributed by atoms with Gasteiger partial charge in [0.25, 0.3) is 5.56 Å². The molecule has 2 aromatic heterocycles. The van der Waals surface area contributed by atoms with Crippen LogP contribution >= 0.6 is 0 Å². The first-order valence-electron chi connectivity index (χ1n) is 5.74. The third-order valence-electron chi connectivity index (χ3n) is 3.50. The van der Waals surface area contributed by atoms with Crippen molar-refractivity contribution in [2.24, 2.45) is 7.05 Å². The zero-order chi connectivity index (χ0) is 11.3. The largest absolute Gasteiger partial charge is 0.333 e. The Kier molecular flexibility index (Phi) is 1.93. The van der Waals surface area contributed by atoms with Crippen molar-refractivity contribution in [2.75, 3.05) is 0 Å². The Balaban J connectivity index is 2.44. The fraction of sp³-hybridized carbons (Fsp3) is 0.500. The van der Waals surface area contributed by atoms with E-state index >= 15 is 0 Å². The molecule has 1 aliphatic heterocycles. The molecule has 0 aliphatic carbocycles. The lowest BCUT2D eigenvalue weighted by Crippen LogP contribution is -2.28. The minimum atomic E-state index is 0.128. The number of rotatable bonds is 0. The van der Waals surface area contributed by atoms with Crippen molar-refractivity contribution in [3.05, 3.63) is 27.9 Å². The van der Waals surface area contributed by atoms with Crippen LogP contribution in [0.2, 0.25) is 0 Å². The monoisotopic (exact) mass is 217 g/mol. The highest BCUT2D eigenvalue weighted by Gasteiger charge is 2.16. The minimum Gasteiger partial charge on any atom is -0.333 e. The van der Waals surface area contributed by atoms with Crippen LogP contribution in [-0.2, 0) is 20.0 Å². The number of hydrogen-bond donors (Lipinski definition) is 0. The standard InChI is InChI=1S/C12H15N3O/c1-8-7-9-11(14(8)2)13-10-5-3-4-6-15(10)12(9)16/h7H,3-6H2,1-2H3. The van der Waals surface area contributed by atoms with E-state index in [1.807, 2.05) is 29.2 Å². The van der Waals surface area contributed by atoms with E-state index in [-0.39, 0.29) is 5.56 Å². The second-order valence-corrected chi connectivity index (χ2v) is 4.52. The molecule has 0 spiro atoms. The van der Waals surface area contributed by atoms with Gasteiger partial charge in [-0.2, -0.15) is 0 Å². The molecule has 0 saturated carbocycles. The summed E-state index contributed by atoms with van der Waals surface area (Å²) in [6.07, 6.45) is 3.16. The average Bonchev–Trinajstić information content (AvgIpc) is 2.58. The van der Waals surface area contributed by atoms with E-state index in [1.165, 1.54) is 0 Å².